The lowest BCUT2D eigenvalue weighted by Gasteiger charge is -2.24. The molecule has 0 radical (unpaired) electrons. The number of hydrogen-bond acceptors (Lipinski definition) is 6. The normalized spacial score (nSPS) is 25.4. The van der Waals surface area contributed by atoms with E-state index in [4.69, 9.17) is 0 Å². The van der Waals surface area contributed by atoms with E-state index in [1.54, 1.807) is 4.90 Å². The Labute approximate surface area is 154 Å². The van der Waals surface area contributed by atoms with Crippen LogP contribution >= 0.6 is 11.8 Å². The molecule has 1 amide bonds. The van der Waals surface area contributed by atoms with E-state index in [-0.39, 0.29) is 42.1 Å². The van der Waals surface area contributed by atoms with Crippen molar-refractivity contribution in [1.29, 1.82) is 0 Å². The van der Waals surface area contributed by atoms with Crippen molar-refractivity contribution in [2.24, 2.45) is 4.99 Å². The van der Waals surface area contributed by atoms with Gasteiger partial charge < -0.3 is 14.8 Å². The number of anilines is 1. The van der Waals surface area contributed by atoms with Crippen molar-refractivity contribution in [3.05, 3.63) is 30.1 Å². The number of amides is 1. The molecule has 1 aromatic rings. The Morgan fingerprint density at radius 1 is 1.23 bits per heavy atom. The molecule has 1 aromatic carbocycles. The number of aliphatic imine (C=N–C) groups is 1. The Morgan fingerprint density at radius 2 is 1.92 bits per heavy atom. The third-order valence-corrected chi connectivity index (χ3v) is 7.37. The molecule has 0 aromatic heterocycles. The molecule has 7 nitrogen and oxygen atoms in total. The summed E-state index contributed by atoms with van der Waals surface area (Å²) < 4.78 is 37.1. The van der Waals surface area contributed by atoms with Gasteiger partial charge >= 0.3 is 0 Å². The molecule has 2 heterocycles. The lowest BCUT2D eigenvalue weighted by atomic mass is 10.2. The Bertz CT molecular complexity index is 854. The van der Waals surface area contributed by atoms with Gasteiger partial charge in [0.25, 0.3) is 0 Å². The molecule has 2 atom stereocenters. The number of fused-ring (bicyclic) bond motifs is 1. The first kappa shape index (κ1) is 18.8. The first-order valence-electron chi connectivity index (χ1n) is 7.98. The minimum atomic E-state index is -3.18. The van der Waals surface area contributed by atoms with E-state index in [1.165, 1.54) is 36.0 Å². The SMILES string of the molecule is O=C([O-])CCCC(=O)N=C1S[C@@H]2CS(=O)(=O)C[C@@H]2N1c1ccc(F)cc1. The number of sulfone groups is 1. The monoisotopic (exact) mass is 399 g/mol. The number of nitrogens with zero attached hydrogens (tertiary/aromatic N) is 2. The fraction of sp³-hybridized carbons (Fsp3) is 0.438. The molecule has 0 unspecified atom stereocenters. The fourth-order valence-electron chi connectivity index (χ4n) is 3.01. The van der Waals surface area contributed by atoms with Crippen LogP contribution in [0.4, 0.5) is 10.1 Å². The van der Waals surface area contributed by atoms with Crippen LogP contribution in [0.15, 0.2) is 29.3 Å². The molecule has 2 saturated heterocycles. The van der Waals surface area contributed by atoms with Crippen LogP contribution in [0.2, 0.25) is 0 Å². The number of benzene rings is 1. The minimum Gasteiger partial charge on any atom is -0.550 e. The number of carboxylic acid groups (broad SMARTS) is 1. The van der Waals surface area contributed by atoms with Crippen LogP contribution in [0.25, 0.3) is 0 Å². The number of carbonyl (C=O) groups is 2. The third-order valence-electron chi connectivity index (χ3n) is 4.16. The third kappa shape index (κ3) is 4.24. The molecule has 2 aliphatic heterocycles. The first-order valence-corrected chi connectivity index (χ1v) is 10.7. The van der Waals surface area contributed by atoms with Crippen molar-refractivity contribution >= 4 is 44.3 Å². The second-order valence-electron chi connectivity index (χ2n) is 6.16. The van der Waals surface area contributed by atoms with Gasteiger partial charge in [-0.2, -0.15) is 4.99 Å². The van der Waals surface area contributed by atoms with Crippen molar-refractivity contribution in [2.75, 3.05) is 16.4 Å². The number of thioether (sulfide) groups is 1. The van der Waals surface area contributed by atoms with Crippen molar-refractivity contribution < 1.29 is 27.5 Å². The van der Waals surface area contributed by atoms with Gasteiger partial charge in [-0.25, -0.2) is 12.8 Å². The average Bonchev–Trinajstić information content (AvgIpc) is 2.99. The summed E-state index contributed by atoms with van der Waals surface area (Å²) in [5.74, 6) is -2.19. The van der Waals surface area contributed by atoms with Crippen LogP contribution in [0.3, 0.4) is 0 Å². The molecule has 0 N–H and O–H groups in total. The predicted octanol–water partition coefficient (Wildman–Crippen LogP) is 0.347. The number of hydrogen-bond donors (Lipinski definition) is 0. The van der Waals surface area contributed by atoms with Crippen LogP contribution < -0.4 is 10.0 Å². The van der Waals surface area contributed by atoms with Gasteiger partial charge in [-0.3, -0.25) is 4.79 Å². The number of amidine groups is 1. The van der Waals surface area contributed by atoms with Gasteiger partial charge in [-0.05, 0) is 37.1 Å². The molecule has 0 saturated carbocycles. The molecule has 2 aliphatic rings. The zero-order valence-corrected chi connectivity index (χ0v) is 15.3. The highest BCUT2D eigenvalue weighted by atomic mass is 32.2. The minimum absolute atomic E-state index is 0.00206. The van der Waals surface area contributed by atoms with Crippen molar-refractivity contribution in [2.45, 2.75) is 30.6 Å². The van der Waals surface area contributed by atoms with Crippen LogP contribution in [0, 0.1) is 5.82 Å². The summed E-state index contributed by atoms with van der Waals surface area (Å²) in [5.41, 5.74) is 0.560. The van der Waals surface area contributed by atoms with Gasteiger partial charge in [0.15, 0.2) is 15.0 Å². The Morgan fingerprint density at radius 3 is 2.58 bits per heavy atom. The zero-order chi connectivity index (χ0) is 18.9. The standard InChI is InChI=1S/C16H17FN2O5S2/c17-10-4-6-11(7-5-10)19-12-8-26(23,24)9-13(12)25-16(19)18-14(20)2-1-3-15(21)22/h4-7,12-13H,1-3,8-9H2,(H,21,22)/p-1/t12-,13+/m0/s1. The lowest BCUT2D eigenvalue weighted by molar-refractivity contribution is -0.305. The van der Waals surface area contributed by atoms with Crippen LogP contribution in [-0.2, 0) is 19.4 Å². The summed E-state index contributed by atoms with van der Waals surface area (Å²) in [6, 6.07) is 5.18. The lowest BCUT2D eigenvalue weighted by Crippen LogP contribution is -2.37. The number of carboxylic acids is 1. The Hall–Kier alpha value is -1.94. The molecule has 2 fully saturated rings. The van der Waals surface area contributed by atoms with Gasteiger partial charge in [-0.1, -0.05) is 11.8 Å². The second-order valence-corrected chi connectivity index (χ2v) is 9.52. The zero-order valence-electron chi connectivity index (χ0n) is 13.6. The summed E-state index contributed by atoms with van der Waals surface area (Å²) in [4.78, 5) is 28.2. The Balaban J connectivity index is 1.84. The van der Waals surface area contributed by atoms with Gasteiger partial charge in [0.1, 0.15) is 5.82 Å². The number of rotatable bonds is 5. The topological polar surface area (TPSA) is 107 Å². The maximum absolute atomic E-state index is 13.2. The van der Waals surface area contributed by atoms with E-state index in [1.807, 2.05) is 0 Å². The predicted molar refractivity (Wildman–Crippen MR) is 94.0 cm³/mol. The van der Waals surface area contributed by atoms with Crippen LogP contribution in [0.5, 0.6) is 0 Å². The van der Waals surface area contributed by atoms with Crippen LogP contribution in [0.1, 0.15) is 19.3 Å². The molecule has 3 rings (SSSR count). The summed E-state index contributed by atoms with van der Waals surface area (Å²) in [6.07, 6.45) is -0.141. The molecule has 140 valence electrons. The summed E-state index contributed by atoms with van der Waals surface area (Å²) in [7, 11) is -3.18. The first-order chi connectivity index (χ1) is 12.2. The van der Waals surface area contributed by atoms with Gasteiger partial charge in [-0.15, -0.1) is 0 Å². The van der Waals surface area contributed by atoms with E-state index in [2.05, 4.69) is 4.99 Å². The highest BCUT2D eigenvalue weighted by molar-refractivity contribution is 8.16. The molecule has 0 aliphatic carbocycles. The molecule has 26 heavy (non-hydrogen) atoms. The average molecular weight is 399 g/mol. The number of halogens is 1. The summed E-state index contributed by atoms with van der Waals surface area (Å²) in [5, 5.41) is 10.5. The largest absolute Gasteiger partial charge is 0.550 e. The summed E-state index contributed by atoms with van der Waals surface area (Å²) >= 11 is 1.21. The van der Waals surface area contributed by atoms with E-state index in [0.29, 0.717) is 10.9 Å². The molecular formula is C16H16FN2O5S2-. The number of carbonyl (C=O) groups excluding carboxylic acids is 2. The molecule has 0 bridgehead atoms. The van der Waals surface area contributed by atoms with Gasteiger partial charge in [0, 0.05) is 23.3 Å². The highest BCUT2D eigenvalue weighted by Crippen LogP contribution is 2.41. The van der Waals surface area contributed by atoms with Crippen molar-refractivity contribution in [3.8, 4) is 0 Å². The van der Waals surface area contributed by atoms with Crippen molar-refractivity contribution in [3.63, 3.8) is 0 Å². The van der Waals surface area contributed by atoms with Gasteiger partial charge in [0.05, 0.1) is 17.5 Å². The summed E-state index contributed by atoms with van der Waals surface area (Å²) in [6.45, 7) is 0. The van der Waals surface area contributed by atoms with Gasteiger partial charge in [0.2, 0.25) is 5.91 Å². The maximum atomic E-state index is 13.2. The number of aliphatic carboxylic acids is 1. The quantitative estimate of drug-likeness (QED) is 0.703. The molecule has 0 spiro atoms. The van der Waals surface area contributed by atoms with E-state index in [0.717, 1.165) is 0 Å². The fourth-order valence-corrected chi connectivity index (χ4v) is 6.95. The van der Waals surface area contributed by atoms with Crippen LogP contribution in [-0.4, -0.2) is 48.3 Å². The van der Waals surface area contributed by atoms with E-state index >= 15 is 0 Å². The Kier molecular flexibility index (Phi) is 5.33. The molecular weight excluding hydrogens is 383 g/mol. The van der Waals surface area contributed by atoms with E-state index < -0.39 is 27.5 Å². The molecule has 10 heteroatoms. The van der Waals surface area contributed by atoms with E-state index in [9.17, 15) is 27.5 Å². The highest BCUT2D eigenvalue weighted by Gasteiger charge is 2.49. The maximum Gasteiger partial charge on any atom is 0.248 e. The van der Waals surface area contributed by atoms with Crippen molar-refractivity contribution in [1.82, 2.24) is 0 Å². The smallest absolute Gasteiger partial charge is 0.248 e. The second kappa shape index (κ2) is 7.36.